The molecule has 10 nitrogen and oxygen atoms in total. The van der Waals surface area contributed by atoms with Crippen LogP contribution in [0.25, 0.3) is 0 Å². The zero-order chi connectivity index (χ0) is 25.1. The number of hydrogen-bond donors (Lipinski definition) is 2. The molecule has 1 fully saturated rings. The first-order chi connectivity index (χ1) is 15.9. The fourth-order valence-corrected chi connectivity index (χ4v) is 6.22. The molecule has 0 aromatic heterocycles. The van der Waals surface area contributed by atoms with Gasteiger partial charge in [-0.25, -0.2) is 16.8 Å². The lowest BCUT2D eigenvalue weighted by Gasteiger charge is -2.31. The van der Waals surface area contributed by atoms with E-state index in [1.807, 2.05) is 7.05 Å². The molecule has 2 N–H and O–H groups in total. The molecular weight excluding hydrogens is 480 g/mol. The Morgan fingerprint density at radius 2 is 1.56 bits per heavy atom. The van der Waals surface area contributed by atoms with Crippen LogP contribution in [-0.2, 0) is 24.8 Å². The number of nitrogens with zero attached hydrogens (tertiary/aromatic N) is 2. The maximum Gasteiger partial charge on any atom is 0.243 e. The summed E-state index contributed by atoms with van der Waals surface area (Å²) in [6.07, 6.45) is 0. The minimum Gasteiger partial charge on any atom is -0.496 e. The van der Waals surface area contributed by atoms with Crippen molar-refractivity contribution in [2.45, 2.75) is 29.7 Å². The average Bonchev–Trinajstić information content (AvgIpc) is 2.79. The van der Waals surface area contributed by atoms with Crippen LogP contribution in [0.4, 0.5) is 5.69 Å². The number of hydrogen-bond acceptors (Lipinski definition) is 7. The molecular formula is C22H30N4O6S2. The standard InChI is InChI=1S/C22H30N4O6S2/c1-16-15-20(9-10-21(16)32-4)33(28,29)24-17(2)22(27)23-18-5-7-19(8-6-18)34(30,31)26-13-11-25(3)12-14-26/h5-10,15,17,24H,11-14H2,1-4H3,(H,23,27)/t17-/m0/s1. The molecule has 0 saturated carbocycles. The molecule has 0 aliphatic carbocycles. The Bertz CT molecular complexity index is 1240. The zero-order valence-electron chi connectivity index (χ0n) is 19.6. The van der Waals surface area contributed by atoms with Crippen molar-refractivity contribution in [2.24, 2.45) is 0 Å². The van der Waals surface area contributed by atoms with E-state index in [2.05, 4.69) is 14.9 Å². The minimum absolute atomic E-state index is 0.0175. The van der Waals surface area contributed by atoms with Gasteiger partial charge in [0.25, 0.3) is 0 Å². The highest BCUT2D eigenvalue weighted by molar-refractivity contribution is 7.89. The molecule has 1 saturated heterocycles. The summed E-state index contributed by atoms with van der Waals surface area (Å²) in [4.78, 5) is 14.8. The van der Waals surface area contributed by atoms with E-state index in [-0.39, 0.29) is 9.79 Å². The molecule has 3 rings (SSSR count). The minimum atomic E-state index is -3.94. The topological polar surface area (TPSA) is 125 Å². The van der Waals surface area contributed by atoms with Gasteiger partial charge >= 0.3 is 0 Å². The molecule has 0 radical (unpaired) electrons. The first-order valence-corrected chi connectivity index (χ1v) is 13.6. The number of rotatable bonds is 8. The van der Waals surface area contributed by atoms with Gasteiger partial charge in [0.2, 0.25) is 26.0 Å². The fourth-order valence-electron chi connectivity index (χ4n) is 3.51. The second-order valence-electron chi connectivity index (χ2n) is 8.20. The third-order valence-corrected chi connectivity index (χ3v) is 9.07. The molecule has 186 valence electrons. The normalized spacial score (nSPS) is 16.7. The third kappa shape index (κ3) is 5.94. The van der Waals surface area contributed by atoms with Gasteiger partial charge in [0.1, 0.15) is 5.75 Å². The van der Waals surface area contributed by atoms with E-state index in [0.717, 1.165) is 0 Å². The lowest BCUT2D eigenvalue weighted by Crippen LogP contribution is -2.47. The molecule has 1 aliphatic rings. The summed E-state index contributed by atoms with van der Waals surface area (Å²) in [6, 6.07) is 9.16. The first-order valence-electron chi connectivity index (χ1n) is 10.7. The SMILES string of the molecule is COc1ccc(S(=O)(=O)N[C@@H](C)C(=O)Nc2ccc(S(=O)(=O)N3CCN(C)CC3)cc2)cc1C. The van der Waals surface area contributed by atoms with Crippen LogP contribution in [0, 0.1) is 6.92 Å². The molecule has 1 atom stereocenters. The van der Waals surface area contributed by atoms with Gasteiger partial charge < -0.3 is 15.0 Å². The number of methoxy groups -OCH3 is 1. The van der Waals surface area contributed by atoms with Crippen molar-refractivity contribution in [1.82, 2.24) is 13.9 Å². The molecule has 34 heavy (non-hydrogen) atoms. The number of sulfonamides is 2. The maximum absolute atomic E-state index is 12.8. The van der Waals surface area contributed by atoms with Gasteiger partial charge in [-0.15, -0.1) is 0 Å². The van der Waals surface area contributed by atoms with E-state index in [0.29, 0.717) is 43.2 Å². The van der Waals surface area contributed by atoms with Gasteiger partial charge in [-0.2, -0.15) is 9.03 Å². The van der Waals surface area contributed by atoms with Gasteiger partial charge in [0, 0.05) is 31.9 Å². The summed E-state index contributed by atoms with van der Waals surface area (Å²) in [5, 5.41) is 2.61. The quantitative estimate of drug-likeness (QED) is 0.547. The summed E-state index contributed by atoms with van der Waals surface area (Å²) in [5.41, 5.74) is 1.00. The van der Waals surface area contributed by atoms with E-state index < -0.39 is 32.0 Å². The smallest absolute Gasteiger partial charge is 0.243 e. The highest BCUT2D eigenvalue weighted by Gasteiger charge is 2.27. The average molecular weight is 511 g/mol. The molecule has 0 spiro atoms. The van der Waals surface area contributed by atoms with Crippen LogP contribution in [0.1, 0.15) is 12.5 Å². The summed E-state index contributed by atoms with van der Waals surface area (Å²) in [7, 11) is -4.12. The van der Waals surface area contributed by atoms with E-state index in [1.54, 1.807) is 13.0 Å². The monoisotopic (exact) mass is 510 g/mol. The van der Waals surface area contributed by atoms with Gasteiger partial charge in [-0.1, -0.05) is 0 Å². The number of likely N-dealkylation sites (N-methyl/N-ethyl adjacent to an activating group) is 1. The number of aryl methyl sites for hydroxylation is 1. The van der Waals surface area contributed by atoms with Crippen LogP contribution in [0.15, 0.2) is 52.3 Å². The van der Waals surface area contributed by atoms with E-state index in [4.69, 9.17) is 4.74 Å². The number of ether oxygens (including phenoxy) is 1. The van der Waals surface area contributed by atoms with Crippen LogP contribution < -0.4 is 14.8 Å². The van der Waals surface area contributed by atoms with Crippen molar-refractivity contribution in [3.05, 3.63) is 48.0 Å². The fraction of sp³-hybridized carbons (Fsp3) is 0.409. The molecule has 12 heteroatoms. The summed E-state index contributed by atoms with van der Waals surface area (Å²) < 4.78 is 59.9. The number of carbonyl (C=O) groups is 1. The zero-order valence-corrected chi connectivity index (χ0v) is 21.2. The Kier molecular flexibility index (Phi) is 7.98. The number of nitrogens with one attached hydrogen (secondary N) is 2. The van der Waals surface area contributed by atoms with Crippen molar-refractivity contribution in [2.75, 3.05) is 45.7 Å². The number of carbonyl (C=O) groups excluding carboxylic acids is 1. The van der Waals surface area contributed by atoms with Gasteiger partial charge in [0.15, 0.2) is 0 Å². The Morgan fingerprint density at radius 1 is 0.971 bits per heavy atom. The van der Waals surface area contributed by atoms with Gasteiger partial charge in [0.05, 0.1) is 22.9 Å². The van der Waals surface area contributed by atoms with Crippen molar-refractivity contribution in [3.63, 3.8) is 0 Å². The third-order valence-electron chi connectivity index (χ3n) is 5.62. The Balaban J connectivity index is 1.64. The Morgan fingerprint density at radius 3 is 2.12 bits per heavy atom. The van der Waals surface area contributed by atoms with E-state index >= 15 is 0 Å². The highest BCUT2D eigenvalue weighted by atomic mass is 32.2. The highest BCUT2D eigenvalue weighted by Crippen LogP contribution is 2.22. The second-order valence-corrected chi connectivity index (χ2v) is 11.8. The number of benzene rings is 2. The van der Waals surface area contributed by atoms with Gasteiger partial charge in [-0.05, 0) is 68.9 Å². The van der Waals surface area contributed by atoms with E-state index in [9.17, 15) is 21.6 Å². The molecule has 2 aromatic rings. The number of piperazine rings is 1. The molecule has 0 bridgehead atoms. The molecule has 1 heterocycles. The van der Waals surface area contributed by atoms with Crippen molar-refractivity contribution in [1.29, 1.82) is 0 Å². The molecule has 1 amide bonds. The predicted octanol–water partition coefficient (Wildman–Crippen LogP) is 1.25. The number of amides is 1. The predicted molar refractivity (Wildman–Crippen MR) is 129 cm³/mol. The van der Waals surface area contributed by atoms with E-state index in [1.165, 1.54) is 54.7 Å². The lowest BCUT2D eigenvalue weighted by molar-refractivity contribution is -0.117. The Hall–Kier alpha value is -2.51. The molecule has 0 unspecified atom stereocenters. The molecule has 2 aromatic carbocycles. The summed E-state index contributed by atoms with van der Waals surface area (Å²) in [6.45, 7) is 5.32. The van der Waals surface area contributed by atoms with Crippen molar-refractivity contribution < 1.29 is 26.4 Å². The molecule has 1 aliphatic heterocycles. The second kappa shape index (κ2) is 10.4. The van der Waals surface area contributed by atoms with Crippen molar-refractivity contribution in [3.8, 4) is 5.75 Å². The lowest BCUT2D eigenvalue weighted by atomic mass is 10.2. The first kappa shape index (κ1) is 26.1. The van der Waals surface area contributed by atoms with Crippen LogP contribution in [0.5, 0.6) is 5.75 Å². The largest absolute Gasteiger partial charge is 0.496 e. The van der Waals surface area contributed by atoms with Gasteiger partial charge in [-0.3, -0.25) is 4.79 Å². The van der Waals surface area contributed by atoms with Crippen molar-refractivity contribution >= 4 is 31.6 Å². The van der Waals surface area contributed by atoms with Crippen LogP contribution in [0.2, 0.25) is 0 Å². The van der Waals surface area contributed by atoms with Crippen LogP contribution >= 0.6 is 0 Å². The maximum atomic E-state index is 12.8. The number of anilines is 1. The Labute approximate surface area is 201 Å². The van der Waals surface area contributed by atoms with Crippen LogP contribution in [-0.4, -0.2) is 78.3 Å². The summed E-state index contributed by atoms with van der Waals surface area (Å²) in [5.74, 6) is -0.0219. The summed E-state index contributed by atoms with van der Waals surface area (Å²) >= 11 is 0. The van der Waals surface area contributed by atoms with Crippen LogP contribution in [0.3, 0.4) is 0 Å².